The van der Waals surface area contributed by atoms with Crippen LogP contribution in [0.3, 0.4) is 0 Å². The number of aromatic nitrogens is 2. The molecular weight excluding hydrogens is 326 g/mol. The van der Waals surface area contributed by atoms with E-state index in [-0.39, 0.29) is 11.3 Å². The highest BCUT2D eigenvalue weighted by atomic mass is 16.1. The Balaban J connectivity index is 1.69. The minimum Gasteiger partial charge on any atom is -0.354 e. The summed E-state index contributed by atoms with van der Waals surface area (Å²) in [4.78, 5) is 25.5. The molecule has 0 saturated carbocycles. The first kappa shape index (κ1) is 18.3. The number of likely N-dealkylation sites (N-methyl/N-ethyl adjacent to an activating group) is 1. The van der Waals surface area contributed by atoms with Gasteiger partial charge < -0.3 is 15.1 Å². The smallest absolute Gasteiger partial charge is 0.274 e. The number of hydrogen-bond donors (Lipinski definition) is 1. The van der Waals surface area contributed by atoms with Gasteiger partial charge in [-0.1, -0.05) is 32.9 Å². The lowest BCUT2D eigenvalue weighted by Crippen LogP contribution is -2.44. The van der Waals surface area contributed by atoms with E-state index >= 15 is 0 Å². The molecule has 6 heteroatoms. The molecule has 1 aromatic heterocycles. The molecule has 0 bridgehead atoms. The third-order valence-corrected chi connectivity index (χ3v) is 4.72. The van der Waals surface area contributed by atoms with E-state index in [0.717, 1.165) is 37.7 Å². The normalized spacial score (nSPS) is 15.8. The number of amides is 1. The monoisotopic (exact) mass is 353 g/mol. The number of piperazine rings is 1. The molecular formula is C20H27N5O. The van der Waals surface area contributed by atoms with Crippen LogP contribution in [0.25, 0.3) is 0 Å². The fraction of sp³-hybridized carbons (Fsp3) is 0.450. The van der Waals surface area contributed by atoms with Crippen molar-refractivity contribution in [1.29, 1.82) is 0 Å². The highest BCUT2D eigenvalue weighted by Gasteiger charge is 2.18. The van der Waals surface area contributed by atoms with Crippen molar-refractivity contribution in [2.24, 2.45) is 0 Å². The topological polar surface area (TPSA) is 61.4 Å². The summed E-state index contributed by atoms with van der Waals surface area (Å²) in [5.41, 5.74) is 2.47. The van der Waals surface area contributed by atoms with Crippen LogP contribution in [0.2, 0.25) is 0 Å². The lowest BCUT2D eigenvalue weighted by molar-refractivity contribution is 0.102. The highest BCUT2D eigenvalue weighted by molar-refractivity contribution is 6.03. The molecule has 0 spiro atoms. The number of nitrogens with one attached hydrogen (secondary N) is 1. The van der Waals surface area contributed by atoms with Crippen molar-refractivity contribution < 1.29 is 4.79 Å². The average molecular weight is 353 g/mol. The Morgan fingerprint density at radius 3 is 2.31 bits per heavy atom. The van der Waals surface area contributed by atoms with Gasteiger partial charge in [-0.25, -0.2) is 9.97 Å². The molecule has 1 aliphatic rings. The van der Waals surface area contributed by atoms with Gasteiger partial charge in [0.1, 0.15) is 17.8 Å². The van der Waals surface area contributed by atoms with Gasteiger partial charge in [0.25, 0.3) is 5.91 Å². The Bertz CT molecular complexity index is 759. The van der Waals surface area contributed by atoms with Gasteiger partial charge >= 0.3 is 0 Å². The molecule has 0 radical (unpaired) electrons. The number of anilines is 2. The van der Waals surface area contributed by atoms with Crippen molar-refractivity contribution in [3.05, 3.63) is 47.9 Å². The number of carbonyl (C=O) groups excluding carboxylic acids is 1. The average Bonchev–Trinajstić information content (AvgIpc) is 2.62. The SMILES string of the molecule is CN1CCN(c2cc(C(=O)Nc3ccc(C(C)(C)C)cc3)ncn2)CC1. The maximum absolute atomic E-state index is 12.6. The van der Waals surface area contributed by atoms with E-state index in [0.29, 0.717) is 5.69 Å². The molecule has 1 N–H and O–H groups in total. The summed E-state index contributed by atoms with van der Waals surface area (Å²) in [5.74, 6) is 0.590. The van der Waals surface area contributed by atoms with Gasteiger partial charge in [-0.15, -0.1) is 0 Å². The summed E-state index contributed by atoms with van der Waals surface area (Å²) in [5, 5.41) is 2.92. The van der Waals surface area contributed by atoms with Gasteiger partial charge in [0.15, 0.2) is 0 Å². The predicted octanol–water partition coefficient (Wildman–Crippen LogP) is 2.78. The summed E-state index contributed by atoms with van der Waals surface area (Å²) in [6.45, 7) is 10.3. The Hall–Kier alpha value is -2.47. The van der Waals surface area contributed by atoms with Gasteiger partial charge in [-0.05, 0) is 30.2 Å². The number of nitrogens with zero attached hydrogens (tertiary/aromatic N) is 4. The van der Waals surface area contributed by atoms with Gasteiger partial charge in [-0.2, -0.15) is 0 Å². The first-order chi connectivity index (χ1) is 12.3. The summed E-state index contributed by atoms with van der Waals surface area (Å²) in [7, 11) is 2.11. The van der Waals surface area contributed by atoms with Crippen LogP contribution in [0.5, 0.6) is 0 Å². The van der Waals surface area contributed by atoms with Crippen molar-refractivity contribution in [3.8, 4) is 0 Å². The van der Waals surface area contributed by atoms with Crippen LogP contribution in [0, 0.1) is 0 Å². The molecule has 2 heterocycles. The number of carbonyl (C=O) groups is 1. The molecule has 1 saturated heterocycles. The zero-order valence-electron chi connectivity index (χ0n) is 16.0. The Labute approximate surface area is 155 Å². The van der Waals surface area contributed by atoms with Gasteiger partial charge in [-0.3, -0.25) is 4.79 Å². The second-order valence-corrected chi connectivity index (χ2v) is 7.83. The minimum absolute atomic E-state index is 0.0899. The molecule has 6 nitrogen and oxygen atoms in total. The maximum Gasteiger partial charge on any atom is 0.274 e. The molecule has 3 rings (SSSR count). The molecule has 1 amide bonds. The molecule has 0 atom stereocenters. The molecule has 1 aromatic carbocycles. The van der Waals surface area contributed by atoms with E-state index in [9.17, 15) is 4.79 Å². The van der Waals surface area contributed by atoms with Crippen molar-refractivity contribution in [2.75, 3.05) is 43.4 Å². The highest BCUT2D eigenvalue weighted by Crippen LogP contribution is 2.23. The Kier molecular flexibility index (Phi) is 5.23. The van der Waals surface area contributed by atoms with Crippen LogP contribution in [-0.4, -0.2) is 54.0 Å². The summed E-state index contributed by atoms with van der Waals surface area (Å²) < 4.78 is 0. The maximum atomic E-state index is 12.6. The summed E-state index contributed by atoms with van der Waals surface area (Å²) in [6, 6.07) is 9.72. The summed E-state index contributed by atoms with van der Waals surface area (Å²) >= 11 is 0. The second-order valence-electron chi connectivity index (χ2n) is 7.83. The third-order valence-electron chi connectivity index (χ3n) is 4.72. The molecule has 26 heavy (non-hydrogen) atoms. The standard InChI is InChI=1S/C20H27N5O/c1-20(2,3)15-5-7-16(8-6-15)23-19(26)17-13-18(22-14-21-17)25-11-9-24(4)10-12-25/h5-8,13-14H,9-12H2,1-4H3,(H,23,26). The number of rotatable bonds is 3. The fourth-order valence-electron chi connectivity index (χ4n) is 2.93. The number of benzene rings is 1. The Morgan fingerprint density at radius 2 is 1.69 bits per heavy atom. The second kappa shape index (κ2) is 7.41. The minimum atomic E-state index is -0.216. The van der Waals surface area contributed by atoms with E-state index in [1.807, 2.05) is 24.3 Å². The Morgan fingerprint density at radius 1 is 1.04 bits per heavy atom. The van der Waals surface area contributed by atoms with Gasteiger partial charge in [0.2, 0.25) is 0 Å². The molecule has 0 aliphatic carbocycles. The van der Waals surface area contributed by atoms with E-state index in [1.165, 1.54) is 11.9 Å². The molecule has 138 valence electrons. The lowest BCUT2D eigenvalue weighted by Gasteiger charge is -2.33. The summed E-state index contributed by atoms with van der Waals surface area (Å²) in [6.07, 6.45) is 1.46. The van der Waals surface area contributed by atoms with Crippen LogP contribution in [0.1, 0.15) is 36.8 Å². The quantitative estimate of drug-likeness (QED) is 0.919. The molecule has 1 aliphatic heterocycles. The zero-order valence-corrected chi connectivity index (χ0v) is 16.0. The van der Waals surface area contributed by atoms with Crippen molar-refractivity contribution in [2.45, 2.75) is 26.2 Å². The van der Waals surface area contributed by atoms with Crippen LogP contribution in [0.4, 0.5) is 11.5 Å². The number of hydrogen-bond acceptors (Lipinski definition) is 5. The van der Waals surface area contributed by atoms with E-state index in [4.69, 9.17) is 0 Å². The van der Waals surface area contributed by atoms with Crippen LogP contribution in [0.15, 0.2) is 36.7 Å². The zero-order chi connectivity index (χ0) is 18.7. The molecule has 0 unspecified atom stereocenters. The van der Waals surface area contributed by atoms with Crippen LogP contribution < -0.4 is 10.2 Å². The van der Waals surface area contributed by atoms with E-state index < -0.39 is 0 Å². The fourth-order valence-corrected chi connectivity index (χ4v) is 2.93. The van der Waals surface area contributed by atoms with Crippen molar-refractivity contribution >= 4 is 17.4 Å². The van der Waals surface area contributed by atoms with Gasteiger partial charge in [0, 0.05) is 37.9 Å². The third kappa shape index (κ3) is 4.38. The van der Waals surface area contributed by atoms with Crippen molar-refractivity contribution in [1.82, 2.24) is 14.9 Å². The van der Waals surface area contributed by atoms with E-state index in [2.05, 4.69) is 52.9 Å². The first-order valence-corrected chi connectivity index (χ1v) is 9.00. The predicted molar refractivity (Wildman–Crippen MR) is 105 cm³/mol. The van der Waals surface area contributed by atoms with Crippen molar-refractivity contribution in [3.63, 3.8) is 0 Å². The van der Waals surface area contributed by atoms with Crippen LogP contribution in [-0.2, 0) is 5.41 Å². The lowest BCUT2D eigenvalue weighted by atomic mass is 9.87. The molecule has 1 fully saturated rings. The largest absolute Gasteiger partial charge is 0.354 e. The van der Waals surface area contributed by atoms with E-state index in [1.54, 1.807) is 6.07 Å². The first-order valence-electron chi connectivity index (χ1n) is 9.00. The molecule has 2 aromatic rings. The van der Waals surface area contributed by atoms with Crippen LogP contribution >= 0.6 is 0 Å². The van der Waals surface area contributed by atoms with Gasteiger partial charge in [0.05, 0.1) is 0 Å².